The van der Waals surface area contributed by atoms with E-state index in [4.69, 9.17) is 0 Å². The first-order chi connectivity index (χ1) is 5.02. The molecule has 0 bridgehead atoms. The Bertz CT molecular complexity index is 162. The van der Waals surface area contributed by atoms with Crippen molar-refractivity contribution in [2.24, 2.45) is 5.92 Å². The van der Waals surface area contributed by atoms with Gasteiger partial charge in [0.2, 0.25) is 0 Å². The maximum atomic E-state index is 12.6. The van der Waals surface area contributed by atoms with Crippen LogP contribution in [-0.2, 0) is 0 Å². The highest BCUT2D eigenvalue weighted by atomic mass is 19.1. The molecule has 0 atom stereocenters. The van der Waals surface area contributed by atoms with Gasteiger partial charge in [0.05, 0.1) is 5.83 Å². The first kappa shape index (κ1) is 10.3. The minimum absolute atomic E-state index is 0.411. The lowest BCUT2D eigenvalue weighted by Crippen LogP contribution is -1.82. The Balaban J connectivity index is 3.92. The van der Waals surface area contributed by atoms with Crippen LogP contribution in [0.1, 0.15) is 27.2 Å². The van der Waals surface area contributed by atoms with Gasteiger partial charge < -0.3 is 0 Å². The zero-order valence-electron chi connectivity index (χ0n) is 7.20. The third kappa shape index (κ3) is 7.23. The van der Waals surface area contributed by atoms with Gasteiger partial charge >= 0.3 is 0 Å². The lowest BCUT2D eigenvalue weighted by molar-refractivity contribution is 0.599. The Morgan fingerprint density at radius 1 is 1.36 bits per heavy atom. The van der Waals surface area contributed by atoms with Crippen LogP contribution >= 0.6 is 0 Å². The molecule has 0 saturated carbocycles. The van der Waals surface area contributed by atoms with Crippen LogP contribution in [0.5, 0.6) is 0 Å². The van der Waals surface area contributed by atoms with Crippen LogP contribution in [0.15, 0.2) is 23.8 Å². The summed E-state index contributed by atoms with van der Waals surface area (Å²) in [6.45, 7) is 5.19. The number of allylic oxidation sites excluding steroid dienone is 4. The monoisotopic (exact) mass is 160 g/mol. The quantitative estimate of drug-likeness (QED) is 0.551. The predicted molar refractivity (Wildman–Crippen MR) is 43.5 cm³/mol. The van der Waals surface area contributed by atoms with Crippen LogP contribution in [0.4, 0.5) is 8.78 Å². The fraction of sp³-hybridized carbons (Fsp3) is 0.556. The molecule has 0 radical (unpaired) electrons. The van der Waals surface area contributed by atoms with Crippen LogP contribution in [0.3, 0.4) is 0 Å². The summed E-state index contributed by atoms with van der Waals surface area (Å²) < 4.78 is 24.6. The zero-order valence-corrected chi connectivity index (χ0v) is 7.20. The molecule has 0 saturated heterocycles. The van der Waals surface area contributed by atoms with Crippen LogP contribution in [0.25, 0.3) is 0 Å². The Morgan fingerprint density at radius 3 is 2.27 bits per heavy atom. The zero-order chi connectivity index (χ0) is 8.85. The van der Waals surface area contributed by atoms with Crippen molar-refractivity contribution in [1.29, 1.82) is 0 Å². The molecule has 0 unspecified atom stereocenters. The molecule has 0 aromatic heterocycles. The maximum Gasteiger partial charge on any atom is 0.121 e. The van der Waals surface area contributed by atoms with Crippen LogP contribution in [-0.4, -0.2) is 0 Å². The summed E-state index contributed by atoms with van der Waals surface area (Å²) in [7, 11) is 0. The normalized spacial score (nSPS) is 14.4. The average Bonchev–Trinajstić information content (AvgIpc) is 1.82. The van der Waals surface area contributed by atoms with Gasteiger partial charge in [0, 0.05) is 6.08 Å². The van der Waals surface area contributed by atoms with E-state index in [9.17, 15) is 8.78 Å². The summed E-state index contributed by atoms with van der Waals surface area (Å²) in [5.41, 5.74) is 0. The molecule has 0 aliphatic heterocycles. The van der Waals surface area contributed by atoms with Crippen LogP contribution in [0, 0.1) is 5.92 Å². The van der Waals surface area contributed by atoms with E-state index >= 15 is 0 Å². The summed E-state index contributed by atoms with van der Waals surface area (Å²) >= 11 is 0. The van der Waals surface area contributed by atoms with Gasteiger partial charge in [-0.3, -0.25) is 0 Å². The minimum atomic E-state index is -0.498. The van der Waals surface area contributed by atoms with Crippen molar-refractivity contribution < 1.29 is 8.78 Å². The summed E-state index contributed by atoms with van der Waals surface area (Å²) in [4.78, 5) is 0. The maximum absolute atomic E-state index is 12.6. The van der Waals surface area contributed by atoms with Gasteiger partial charge in [-0.25, -0.2) is 8.78 Å². The highest BCUT2D eigenvalue weighted by Gasteiger charge is 1.93. The molecular weight excluding hydrogens is 146 g/mol. The SMILES string of the molecule is C/C(F)=C\C(F)=C/CC(C)C. The largest absolute Gasteiger partial charge is 0.212 e. The fourth-order valence-corrected chi connectivity index (χ4v) is 0.597. The van der Waals surface area contributed by atoms with Gasteiger partial charge in [-0.1, -0.05) is 13.8 Å². The molecule has 0 aromatic carbocycles. The second-order valence-electron chi connectivity index (χ2n) is 2.95. The van der Waals surface area contributed by atoms with Crippen LogP contribution in [0.2, 0.25) is 0 Å². The first-order valence-electron chi connectivity index (χ1n) is 3.72. The van der Waals surface area contributed by atoms with E-state index in [2.05, 4.69) is 0 Å². The number of halogens is 2. The van der Waals surface area contributed by atoms with Gasteiger partial charge in [0.15, 0.2) is 0 Å². The van der Waals surface area contributed by atoms with Crippen molar-refractivity contribution in [3.8, 4) is 0 Å². The number of rotatable bonds is 3. The summed E-state index contributed by atoms with van der Waals surface area (Å²) in [6.07, 6.45) is 2.94. The molecule has 2 heteroatoms. The molecule has 0 fully saturated rings. The average molecular weight is 160 g/mol. The minimum Gasteiger partial charge on any atom is -0.212 e. The van der Waals surface area contributed by atoms with Gasteiger partial charge in [-0.15, -0.1) is 0 Å². The van der Waals surface area contributed by atoms with E-state index in [1.165, 1.54) is 13.0 Å². The lowest BCUT2D eigenvalue weighted by atomic mass is 10.1. The van der Waals surface area contributed by atoms with Crippen LogP contribution < -0.4 is 0 Å². The van der Waals surface area contributed by atoms with Gasteiger partial charge in [0.25, 0.3) is 0 Å². The van der Waals surface area contributed by atoms with Crippen molar-refractivity contribution in [1.82, 2.24) is 0 Å². The topological polar surface area (TPSA) is 0 Å². The Kier molecular flexibility index (Phi) is 4.75. The summed E-state index contributed by atoms with van der Waals surface area (Å²) in [6, 6.07) is 0. The summed E-state index contributed by atoms with van der Waals surface area (Å²) in [5.74, 6) is -0.574. The molecule has 64 valence electrons. The van der Waals surface area contributed by atoms with E-state index in [0.717, 1.165) is 6.08 Å². The van der Waals surface area contributed by atoms with Crippen molar-refractivity contribution in [3.05, 3.63) is 23.8 Å². The molecule has 11 heavy (non-hydrogen) atoms. The molecule has 0 heterocycles. The molecule has 0 amide bonds. The van der Waals surface area contributed by atoms with E-state index in [1.54, 1.807) is 0 Å². The Morgan fingerprint density at radius 2 is 1.91 bits per heavy atom. The number of hydrogen-bond acceptors (Lipinski definition) is 0. The molecule has 0 nitrogen and oxygen atoms in total. The molecule has 0 aromatic rings. The van der Waals surface area contributed by atoms with E-state index in [1.807, 2.05) is 13.8 Å². The van der Waals surface area contributed by atoms with E-state index in [0.29, 0.717) is 12.3 Å². The second kappa shape index (κ2) is 5.05. The Labute approximate surface area is 66.6 Å². The van der Waals surface area contributed by atoms with Gasteiger partial charge in [0.1, 0.15) is 5.83 Å². The molecule has 0 rings (SSSR count). The van der Waals surface area contributed by atoms with E-state index < -0.39 is 11.7 Å². The van der Waals surface area contributed by atoms with Crippen molar-refractivity contribution in [2.75, 3.05) is 0 Å². The van der Waals surface area contributed by atoms with Crippen molar-refractivity contribution in [3.63, 3.8) is 0 Å². The fourth-order valence-electron chi connectivity index (χ4n) is 0.597. The lowest BCUT2D eigenvalue weighted by Gasteiger charge is -1.96. The van der Waals surface area contributed by atoms with Gasteiger partial charge in [-0.05, 0) is 25.3 Å². The summed E-state index contributed by atoms with van der Waals surface area (Å²) in [5, 5.41) is 0. The molecule has 0 aliphatic carbocycles. The van der Waals surface area contributed by atoms with Crippen molar-refractivity contribution >= 4 is 0 Å². The van der Waals surface area contributed by atoms with Crippen molar-refractivity contribution in [2.45, 2.75) is 27.2 Å². The smallest absolute Gasteiger partial charge is 0.121 e. The standard InChI is InChI=1S/C9H14F2/c1-7(2)4-5-9(11)6-8(3)10/h5-7H,4H2,1-3H3/b8-6+,9-5+. The third-order valence-electron chi connectivity index (χ3n) is 1.12. The predicted octanol–water partition coefficient (Wildman–Crippen LogP) is 3.76. The molecular formula is C9H14F2. The highest BCUT2D eigenvalue weighted by molar-refractivity contribution is 5.12. The highest BCUT2D eigenvalue weighted by Crippen LogP contribution is 2.09. The first-order valence-corrected chi connectivity index (χ1v) is 3.72. The molecule has 0 N–H and O–H groups in total. The molecule has 0 spiro atoms. The molecule has 0 aliphatic rings. The number of hydrogen-bond donors (Lipinski definition) is 0. The van der Waals surface area contributed by atoms with E-state index in [-0.39, 0.29) is 0 Å². The van der Waals surface area contributed by atoms with Gasteiger partial charge in [-0.2, -0.15) is 0 Å². The third-order valence-corrected chi connectivity index (χ3v) is 1.12. The second-order valence-corrected chi connectivity index (χ2v) is 2.95. The Hall–Kier alpha value is -0.660.